The van der Waals surface area contributed by atoms with Gasteiger partial charge in [-0.1, -0.05) is 26.8 Å². The highest BCUT2D eigenvalue weighted by molar-refractivity contribution is 5.87. The third kappa shape index (κ3) is 10.0. The normalized spacial score (nSPS) is 16.2. The van der Waals surface area contributed by atoms with E-state index in [9.17, 15) is 14.4 Å². The number of hydrogen-bond donors (Lipinski definition) is 1. The fourth-order valence-corrected chi connectivity index (χ4v) is 2.56. The lowest BCUT2D eigenvalue weighted by atomic mass is 9.96. The molecule has 1 N–H and O–H groups in total. The summed E-state index contributed by atoms with van der Waals surface area (Å²) in [6, 6.07) is 0. The summed E-state index contributed by atoms with van der Waals surface area (Å²) in [6.07, 6.45) is 3.99. The average Bonchev–Trinajstić information content (AvgIpc) is 2.76. The predicted molar refractivity (Wildman–Crippen MR) is 105 cm³/mol. The summed E-state index contributed by atoms with van der Waals surface area (Å²) in [5, 5.41) is 2.60. The molecule has 0 aromatic rings. The van der Waals surface area contributed by atoms with Crippen molar-refractivity contribution in [3.8, 4) is 0 Å². The Morgan fingerprint density at radius 3 is 2.15 bits per heavy atom. The van der Waals surface area contributed by atoms with Crippen LogP contribution in [-0.4, -0.2) is 66.0 Å². The summed E-state index contributed by atoms with van der Waals surface area (Å²) >= 11 is 0. The molecule has 7 nitrogen and oxygen atoms in total. The van der Waals surface area contributed by atoms with Crippen molar-refractivity contribution >= 4 is 17.9 Å². The lowest BCUT2D eigenvalue weighted by molar-refractivity contribution is -0.131. The van der Waals surface area contributed by atoms with Crippen molar-refractivity contribution in [2.75, 3.05) is 32.7 Å². The van der Waals surface area contributed by atoms with Gasteiger partial charge in [0.05, 0.1) is 0 Å². The number of nitrogens with one attached hydrogen (secondary N) is 1. The first-order chi connectivity index (χ1) is 12.4. The van der Waals surface area contributed by atoms with Gasteiger partial charge in [-0.15, -0.1) is 0 Å². The Morgan fingerprint density at radius 2 is 1.56 bits per heavy atom. The van der Waals surface area contributed by atoms with Crippen molar-refractivity contribution in [2.45, 2.75) is 60.0 Å². The molecular formula is C20H35N3O4. The predicted octanol–water partition coefficient (Wildman–Crippen LogP) is 2.56. The Bertz CT molecular complexity index is 559. The van der Waals surface area contributed by atoms with Crippen LogP contribution < -0.4 is 5.32 Å². The molecule has 0 saturated carbocycles. The third-order valence-electron chi connectivity index (χ3n) is 3.89. The Balaban J connectivity index is 2.41. The van der Waals surface area contributed by atoms with Crippen LogP contribution in [0.3, 0.4) is 0 Å². The molecule has 27 heavy (non-hydrogen) atoms. The topological polar surface area (TPSA) is 79.0 Å². The van der Waals surface area contributed by atoms with Gasteiger partial charge in [-0.3, -0.25) is 9.59 Å². The van der Waals surface area contributed by atoms with Gasteiger partial charge in [-0.25, -0.2) is 4.79 Å². The quantitative estimate of drug-likeness (QED) is 0.759. The first kappa shape index (κ1) is 23.0. The van der Waals surface area contributed by atoms with Crippen LogP contribution in [0, 0.1) is 5.41 Å². The average molecular weight is 382 g/mol. The van der Waals surface area contributed by atoms with Crippen LogP contribution in [0.25, 0.3) is 0 Å². The van der Waals surface area contributed by atoms with Crippen molar-refractivity contribution in [1.82, 2.24) is 15.1 Å². The summed E-state index contributed by atoms with van der Waals surface area (Å²) in [4.78, 5) is 39.8. The van der Waals surface area contributed by atoms with Gasteiger partial charge in [0.2, 0.25) is 11.8 Å². The second-order valence-electron chi connectivity index (χ2n) is 8.94. The highest BCUT2D eigenvalue weighted by Gasteiger charge is 2.22. The maximum Gasteiger partial charge on any atom is 0.407 e. The van der Waals surface area contributed by atoms with Gasteiger partial charge in [0.15, 0.2) is 0 Å². The van der Waals surface area contributed by atoms with E-state index < -0.39 is 11.7 Å². The van der Waals surface area contributed by atoms with E-state index in [-0.39, 0.29) is 30.2 Å². The molecule has 154 valence electrons. The zero-order valence-corrected chi connectivity index (χ0v) is 17.6. The maximum atomic E-state index is 12.4. The van der Waals surface area contributed by atoms with E-state index >= 15 is 0 Å². The number of carbonyl (C=O) groups excluding carboxylic acids is 3. The lowest BCUT2D eigenvalue weighted by Gasteiger charge is -2.22. The van der Waals surface area contributed by atoms with Crippen LogP contribution >= 0.6 is 0 Å². The Morgan fingerprint density at radius 1 is 0.963 bits per heavy atom. The largest absolute Gasteiger partial charge is 0.444 e. The second-order valence-corrected chi connectivity index (χ2v) is 8.94. The number of rotatable bonds is 4. The molecule has 0 bridgehead atoms. The van der Waals surface area contributed by atoms with E-state index in [2.05, 4.69) is 5.32 Å². The molecule has 0 unspecified atom stereocenters. The van der Waals surface area contributed by atoms with Gasteiger partial charge in [-0.2, -0.15) is 0 Å². The van der Waals surface area contributed by atoms with Crippen molar-refractivity contribution in [2.24, 2.45) is 5.41 Å². The van der Waals surface area contributed by atoms with E-state index in [0.717, 1.165) is 6.42 Å². The van der Waals surface area contributed by atoms with Gasteiger partial charge < -0.3 is 19.9 Å². The van der Waals surface area contributed by atoms with E-state index in [1.54, 1.807) is 36.6 Å². The fourth-order valence-electron chi connectivity index (χ4n) is 2.56. The van der Waals surface area contributed by atoms with Gasteiger partial charge in [-0.05, 0) is 38.7 Å². The molecule has 1 rings (SSSR count). The van der Waals surface area contributed by atoms with Crippen LogP contribution in [0.1, 0.15) is 54.4 Å². The minimum Gasteiger partial charge on any atom is -0.444 e. The van der Waals surface area contributed by atoms with Gasteiger partial charge in [0, 0.05) is 39.1 Å². The highest BCUT2D eigenvalue weighted by atomic mass is 16.6. The molecule has 1 fully saturated rings. The van der Waals surface area contributed by atoms with Crippen LogP contribution in [0.4, 0.5) is 4.79 Å². The summed E-state index contributed by atoms with van der Waals surface area (Å²) in [6.45, 7) is 14.1. The number of allylic oxidation sites excluding steroid dienone is 1. The molecule has 0 atom stereocenters. The van der Waals surface area contributed by atoms with Crippen LogP contribution in [0.15, 0.2) is 12.2 Å². The molecule has 0 aromatic carbocycles. The summed E-state index contributed by atoms with van der Waals surface area (Å²) < 4.78 is 5.15. The Labute approximate surface area is 163 Å². The van der Waals surface area contributed by atoms with Crippen molar-refractivity contribution in [3.63, 3.8) is 0 Å². The highest BCUT2D eigenvalue weighted by Crippen LogP contribution is 2.15. The Hall–Kier alpha value is -2.05. The zero-order valence-electron chi connectivity index (χ0n) is 17.6. The molecule has 0 spiro atoms. The molecule has 1 saturated heterocycles. The smallest absolute Gasteiger partial charge is 0.407 e. The number of nitrogens with zero attached hydrogens (tertiary/aromatic N) is 2. The SMILES string of the molecule is CC(C)(C)/C=C/C(=O)N1CCCN(C(=O)CCNC(=O)OC(C)(C)C)CC1. The van der Waals surface area contributed by atoms with Crippen LogP contribution in [-0.2, 0) is 14.3 Å². The molecule has 1 aliphatic heterocycles. The van der Waals surface area contributed by atoms with Crippen molar-refractivity contribution in [3.05, 3.63) is 12.2 Å². The second kappa shape index (κ2) is 9.76. The van der Waals surface area contributed by atoms with Crippen molar-refractivity contribution < 1.29 is 19.1 Å². The maximum absolute atomic E-state index is 12.4. The van der Waals surface area contributed by atoms with E-state index in [1.807, 2.05) is 26.8 Å². The molecule has 1 heterocycles. The molecule has 1 aliphatic rings. The molecular weight excluding hydrogens is 346 g/mol. The number of ether oxygens (including phenoxy) is 1. The number of alkyl carbamates (subject to hydrolysis) is 1. The minimum atomic E-state index is -0.559. The van der Waals surface area contributed by atoms with E-state index in [0.29, 0.717) is 26.2 Å². The molecule has 3 amide bonds. The van der Waals surface area contributed by atoms with E-state index in [1.165, 1.54) is 0 Å². The summed E-state index contributed by atoms with van der Waals surface area (Å²) in [7, 11) is 0. The van der Waals surface area contributed by atoms with Crippen LogP contribution in [0.5, 0.6) is 0 Å². The summed E-state index contributed by atoms with van der Waals surface area (Å²) in [5.41, 5.74) is -0.596. The minimum absolute atomic E-state index is 0.00850. The first-order valence-electron chi connectivity index (χ1n) is 9.60. The zero-order chi connectivity index (χ0) is 20.7. The molecule has 0 radical (unpaired) electrons. The van der Waals surface area contributed by atoms with Gasteiger partial charge >= 0.3 is 6.09 Å². The monoisotopic (exact) mass is 381 g/mol. The first-order valence-corrected chi connectivity index (χ1v) is 9.60. The molecule has 0 aliphatic carbocycles. The Kier molecular flexibility index (Phi) is 8.31. The van der Waals surface area contributed by atoms with Gasteiger partial charge in [0.25, 0.3) is 0 Å². The fraction of sp³-hybridized carbons (Fsp3) is 0.750. The van der Waals surface area contributed by atoms with Gasteiger partial charge in [0.1, 0.15) is 5.60 Å². The van der Waals surface area contributed by atoms with Crippen LogP contribution in [0.2, 0.25) is 0 Å². The van der Waals surface area contributed by atoms with E-state index in [4.69, 9.17) is 4.74 Å². The number of amides is 3. The molecule has 7 heteroatoms. The lowest BCUT2D eigenvalue weighted by Crippen LogP contribution is -2.39. The summed E-state index contributed by atoms with van der Waals surface area (Å²) in [5.74, 6) is -0.0311. The molecule has 0 aromatic heterocycles. The number of carbonyl (C=O) groups is 3. The van der Waals surface area contributed by atoms with Crippen molar-refractivity contribution in [1.29, 1.82) is 0 Å². The number of hydrogen-bond acceptors (Lipinski definition) is 4. The standard InChI is InChI=1S/C20H35N3O4/c1-19(2,3)10-8-16(24)22-12-7-13-23(15-14-22)17(25)9-11-21-18(26)27-20(4,5)6/h8,10H,7,9,11-15H2,1-6H3,(H,21,26)/b10-8+. The third-order valence-corrected chi connectivity index (χ3v) is 3.89.